The van der Waals surface area contributed by atoms with Crippen LogP contribution in [0.3, 0.4) is 0 Å². The Balaban J connectivity index is 1.70. The van der Waals surface area contributed by atoms with E-state index in [9.17, 15) is 23.2 Å². The van der Waals surface area contributed by atoms with Crippen molar-refractivity contribution in [2.75, 3.05) is 19.0 Å². The molecule has 0 radical (unpaired) electrons. The lowest BCUT2D eigenvalue weighted by molar-refractivity contribution is -0.126. The number of carbonyl (C=O) groups excluding carboxylic acids is 3. The molecule has 3 amide bonds. The van der Waals surface area contributed by atoms with Gasteiger partial charge in [-0.25, -0.2) is 8.78 Å². The molecular weight excluding hydrogens is 420 g/mol. The molecule has 1 atom stereocenters. The number of benzene rings is 1. The zero-order valence-corrected chi connectivity index (χ0v) is 17.0. The van der Waals surface area contributed by atoms with Crippen LogP contribution in [0, 0.1) is 23.5 Å². The van der Waals surface area contributed by atoms with Crippen molar-refractivity contribution < 1.29 is 23.2 Å². The maximum atomic E-state index is 13.4. The molecule has 1 aromatic carbocycles. The van der Waals surface area contributed by atoms with Gasteiger partial charge >= 0.3 is 0 Å². The van der Waals surface area contributed by atoms with Gasteiger partial charge in [0.25, 0.3) is 5.91 Å². The summed E-state index contributed by atoms with van der Waals surface area (Å²) >= 11 is 5.87. The molecule has 5 N–H and O–H groups in total. The molecule has 1 heterocycles. The summed E-state index contributed by atoms with van der Waals surface area (Å²) in [6, 6.07) is 1.63. The first-order chi connectivity index (χ1) is 14.2. The average Bonchev–Trinajstić information content (AvgIpc) is 3.18. The van der Waals surface area contributed by atoms with Crippen LogP contribution in [0.2, 0.25) is 5.02 Å². The largest absolute Gasteiger partial charge is 0.368 e. The summed E-state index contributed by atoms with van der Waals surface area (Å²) in [4.78, 5) is 41.3. The minimum atomic E-state index is -1.38. The molecule has 0 bridgehead atoms. The molecule has 1 aliphatic carbocycles. The van der Waals surface area contributed by atoms with Gasteiger partial charge in [-0.05, 0) is 37.7 Å². The second kappa shape index (κ2) is 8.65. The number of amides is 3. The van der Waals surface area contributed by atoms with Gasteiger partial charge in [0.1, 0.15) is 11.3 Å². The van der Waals surface area contributed by atoms with Crippen LogP contribution in [0.4, 0.5) is 14.5 Å². The van der Waals surface area contributed by atoms with Crippen LogP contribution >= 0.6 is 11.6 Å². The molecule has 1 aliphatic heterocycles. The number of rotatable bonds is 5. The van der Waals surface area contributed by atoms with E-state index in [4.69, 9.17) is 17.3 Å². The first-order valence-corrected chi connectivity index (χ1v) is 9.85. The molecule has 30 heavy (non-hydrogen) atoms. The van der Waals surface area contributed by atoms with Crippen LogP contribution < -0.4 is 21.7 Å². The van der Waals surface area contributed by atoms with Gasteiger partial charge in [0.2, 0.25) is 11.8 Å². The number of anilines is 1. The van der Waals surface area contributed by atoms with Gasteiger partial charge in [-0.1, -0.05) is 11.6 Å². The van der Waals surface area contributed by atoms with Gasteiger partial charge < -0.3 is 16.4 Å². The number of nitrogens with zero attached hydrogens (tertiary/aromatic N) is 1. The third kappa shape index (κ3) is 3.89. The standard InChI is InChI=1S/C19H22ClF2N5O3/c1-24-17(29)15-19(18(23)30,26-8-25-15)10-4-2-9(3-5-10)16(28)27-14-7-13(22)12(21)6-11(14)20/h6-7,9-10,26H,2-5,8H2,1H3,(H2,23,30)(H,24,29)(H,27,28). The van der Waals surface area contributed by atoms with E-state index in [1.54, 1.807) is 0 Å². The molecule has 1 aromatic rings. The monoisotopic (exact) mass is 441 g/mol. The lowest BCUT2D eigenvalue weighted by Gasteiger charge is -2.39. The summed E-state index contributed by atoms with van der Waals surface area (Å²) in [7, 11) is 1.44. The Morgan fingerprint density at radius 3 is 2.43 bits per heavy atom. The predicted molar refractivity (Wildman–Crippen MR) is 107 cm³/mol. The van der Waals surface area contributed by atoms with E-state index in [1.165, 1.54) is 7.05 Å². The van der Waals surface area contributed by atoms with Gasteiger partial charge in [-0.2, -0.15) is 0 Å². The summed E-state index contributed by atoms with van der Waals surface area (Å²) in [5.41, 5.74) is 4.32. The molecule has 1 fully saturated rings. The Bertz CT molecular complexity index is 918. The van der Waals surface area contributed by atoms with Crippen LogP contribution in [-0.4, -0.2) is 42.7 Å². The number of halogens is 3. The van der Waals surface area contributed by atoms with E-state index in [0.717, 1.165) is 12.1 Å². The van der Waals surface area contributed by atoms with Crippen LogP contribution in [0.1, 0.15) is 25.7 Å². The van der Waals surface area contributed by atoms with E-state index in [2.05, 4.69) is 20.9 Å². The molecule has 0 spiro atoms. The number of nitrogens with one attached hydrogen (secondary N) is 3. The zero-order valence-electron chi connectivity index (χ0n) is 16.2. The summed E-state index contributed by atoms with van der Waals surface area (Å²) in [5, 5.41) is 7.87. The number of primary amides is 1. The Morgan fingerprint density at radius 2 is 1.83 bits per heavy atom. The highest BCUT2D eigenvalue weighted by atomic mass is 35.5. The second-order valence-electron chi connectivity index (χ2n) is 7.38. The smallest absolute Gasteiger partial charge is 0.267 e. The Labute approximate surface area is 176 Å². The normalized spacial score (nSPS) is 26.1. The van der Waals surface area contributed by atoms with Gasteiger partial charge in [-0.3, -0.25) is 24.7 Å². The number of carbonyl (C=O) groups is 3. The van der Waals surface area contributed by atoms with E-state index in [-0.39, 0.29) is 34.9 Å². The molecule has 8 nitrogen and oxygen atoms in total. The fourth-order valence-electron chi connectivity index (χ4n) is 4.21. The van der Waals surface area contributed by atoms with Crippen molar-refractivity contribution in [3.05, 3.63) is 28.8 Å². The van der Waals surface area contributed by atoms with Gasteiger partial charge in [-0.15, -0.1) is 0 Å². The maximum Gasteiger partial charge on any atom is 0.267 e. The summed E-state index contributed by atoms with van der Waals surface area (Å²) in [5.74, 6) is -4.51. The summed E-state index contributed by atoms with van der Waals surface area (Å²) in [6.45, 7) is 0.0980. The van der Waals surface area contributed by atoms with Crippen LogP contribution in [-0.2, 0) is 14.4 Å². The highest BCUT2D eigenvalue weighted by Gasteiger charge is 2.54. The number of hydrogen-bond donors (Lipinski definition) is 4. The number of nitrogens with two attached hydrogens (primary N) is 1. The Morgan fingerprint density at radius 1 is 1.20 bits per heavy atom. The van der Waals surface area contributed by atoms with Gasteiger partial charge in [0, 0.05) is 19.0 Å². The molecule has 11 heteroatoms. The van der Waals surface area contributed by atoms with Crippen LogP contribution in [0.5, 0.6) is 0 Å². The van der Waals surface area contributed by atoms with Crippen molar-refractivity contribution >= 4 is 40.7 Å². The predicted octanol–water partition coefficient (Wildman–Crippen LogP) is 1.33. The first kappa shape index (κ1) is 22.1. The fourth-order valence-corrected chi connectivity index (χ4v) is 4.40. The van der Waals surface area contributed by atoms with Crippen molar-refractivity contribution in [2.24, 2.45) is 22.6 Å². The zero-order chi connectivity index (χ0) is 22.1. The average molecular weight is 442 g/mol. The van der Waals surface area contributed by atoms with E-state index in [0.29, 0.717) is 25.7 Å². The van der Waals surface area contributed by atoms with Crippen LogP contribution in [0.15, 0.2) is 17.1 Å². The Hall–Kier alpha value is -2.59. The molecule has 0 aromatic heterocycles. The topological polar surface area (TPSA) is 126 Å². The van der Waals surface area contributed by atoms with Crippen molar-refractivity contribution in [3.63, 3.8) is 0 Å². The molecule has 0 saturated heterocycles. The highest BCUT2D eigenvalue weighted by molar-refractivity contribution is 6.47. The number of aliphatic imine (C=N–C) groups is 1. The summed E-state index contributed by atoms with van der Waals surface area (Å²) < 4.78 is 26.6. The quantitative estimate of drug-likeness (QED) is 0.514. The molecule has 162 valence electrons. The van der Waals surface area contributed by atoms with E-state index < -0.39 is 34.9 Å². The van der Waals surface area contributed by atoms with E-state index in [1.807, 2.05) is 0 Å². The third-order valence-electron chi connectivity index (χ3n) is 5.78. The summed E-state index contributed by atoms with van der Waals surface area (Å²) in [6.07, 6.45) is 1.70. The van der Waals surface area contributed by atoms with Crippen molar-refractivity contribution in [1.29, 1.82) is 0 Å². The van der Waals surface area contributed by atoms with Gasteiger partial charge in [0.15, 0.2) is 11.6 Å². The lowest BCUT2D eigenvalue weighted by atomic mass is 9.69. The first-order valence-electron chi connectivity index (χ1n) is 9.48. The molecule has 1 saturated carbocycles. The Kier molecular flexibility index (Phi) is 6.37. The second-order valence-corrected chi connectivity index (χ2v) is 7.78. The van der Waals surface area contributed by atoms with Gasteiger partial charge in [0.05, 0.1) is 17.4 Å². The maximum absolute atomic E-state index is 13.4. The molecule has 3 rings (SSSR count). The van der Waals surface area contributed by atoms with Crippen molar-refractivity contribution in [1.82, 2.24) is 10.6 Å². The molecular formula is C19H22ClF2N5O3. The van der Waals surface area contributed by atoms with Crippen molar-refractivity contribution in [3.8, 4) is 0 Å². The van der Waals surface area contributed by atoms with E-state index >= 15 is 0 Å². The SMILES string of the molecule is CNC(=O)C1=NCNC1(C(N)=O)C1CCC(C(=O)Nc2cc(F)c(F)cc2Cl)CC1. The lowest BCUT2D eigenvalue weighted by Crippen LogP contribution is -2.65. The third-order valence-corrected chi connectivity index (χ3v) is 6.09. The number of hydrogen-bond acceptors (Lipinski definition) is 5. The van der Waals surface area contributed by atoms with Crippen LogP contribution in [0.25, 0.3) is 0 Å². The fraction of sp³-hybridized carbons (Fsp3) is 0.474. The minimum Gasteiger partial charge on any atom is -0.368 e. The van der Waals surface area contributed by atoms with Crippen molar-refractivity contribution in [2.45, 2.75) is 31.2 Å². The molecule has 1 unspecified atom stereocenters. The molecule has 2 aliphatic rings. The minimum absolute atomic E-state index is 0.0113. The highest BCUT2D eigenvalue weighted by Crippen LogP contribution is 2.38.